The van der Waals surface area contributed by atoms with Crippen LogP contribution in [0.4, 0.5) is 0 Å². The normalized spacial score (nSPS) is 26.5. The molecule has 5 heteroatoms. The van der Waals surface area contributed by atoms with Gasteiger partial charge in [0.05, 0.1) is 5.92 Å². The minimum Gasteiger partial charge on any atom is -0.369 e. The van der Waals surface area contributed by atoms with Gasteiger partial charge in [0.15, 0.2) is 0 Å². The van der Waals surface area contributed by atoms with Crippen LogP contribution in [-0.2, 0) is 9.59 Å². The molecule has 2 rings (SSSR count). The first-order valence-electron chi connectivity index (χ1n) is 6.83. The fraction of sp³-hybridized carbons (Fsp3) is 0.846. The maximum Gasteiger partial charge on any atom is 0.223 e. The van der Waals surface area contributed by atoms with Gasteiger partial charge in [-0.25, -0.2) is 0 Å². The highest BCUT2D eigenvalue weighted by atomic mass is 16.2. The molecule has 2 fully saturated rings. The molecule has 5 nitrogen and oxygen atoms in total. The van der Waals surface area contributed by atoms with Crippen LogP contribution in [0, 0.1) is 11.3 Å². The topological polar surface area (TPSA) is 89.4 Å². The standard InChI is InChI=1S/C13H23N3O2/c14-9-13(4-2-5-13)7-11(17)16-6-1-3-10(8-16)12(15)18/h10H,1-9,14H2,(H2,15,18). The van der Waals surface area contributed by atoms with Crippen molar-refractivity contribution < 1.29 is 9.59 Å². The quantitative estimate of drug-likeness (QED) is 0.751. The molecular weight excluding hydrogens is 230 g/mol. The highest BCUT2D eigenvalue weighted by Gasteiger charge is 2.39. The van der Waals surface area contributed by atoms with Gasteiger partial charge in [-0.2, -0.15) is 0 Å². The molecule has 0 bridgehead atoms. The van der Waals surface area contributed by atoms with Crippen LogP contribution < -0.4 is 11.5 Å². The number of nitrogens with two attached hydrogens (primary N) is 2. The van der Waals surface area contributed by atoms with Gasteiger partial charge >= 0.3 is 0 Å². The lowest BCUT2D eigenvalue weighted by molar-refractivity contribution is -0.138. The number of nitrogens with zero attached hydrogens (tertiary/aromatic N) is 1. The number of amides is 2. The number of likely N-dealkylation sites (tertiary alicyclic amines) is 1. The van der Waals surface area contributed by atoms with Gasteiger partial charge in [0.1, 0.15) is 0 Å². The average molecular weight is 253 g/mol. The van der Waals surface area contributed by atoms with Crippen molar-refractivity contribution >= 4 is 11.8 Å². The average Bonchev–Trinajstić information content (AvgIpc) is 2.33. The van der Waals surface area contributed by atoms with E-state index in [9.17, 15) is 9.59 Å². The molecule has 0 spiro atoms. The predicted molar refractivity (Wildman–Crippen MR) is 68.5 cm³/mol. The first kappa shape index (κ1) is 13.3. The Morgan fingerprint density at radius 3 is 2.50 bits per heavy atom. The van der Waals surface area contributed by atoms with Gasteiger partial charge in [0.25, 0.3) is 0 Å². The summed E-state index contributed by atoms with van der Waals surface area (Å²) in [6, 6.07) is 0. The molecule has 102 valence electrons. The first-order chi connectivity index (χ1) is 8.56. The van der Waals surface area contributed by atoms with Gasteiger partial charge in [-0.15, -0.1) is 0 Å². The Kier molecular flexibility index (Phi) is 3.90. The summed E-state index contributed by atoms with van der Waals surface area (Å²) in [6.07, 6.45) is 5.50. The molecule has 18 heavy (non-hydrogen) atoms. The number of carbonyl (C=O) groups is 2. The van der Waals surface area contributed by atoms with E-state index >= 15 is 0 Å². The minimum absolute atomic E-state index is 0.0384. The molecule has 4 N–H and O–H groups in total. The van der Waals surface area contributed by atoms with Crippen LogP contribution >= 0.6 is 0 Å². The molecule has 1 heterocycles. The molecule has 1 saturated heterocycles. The van der Waals surface area contributed by atoms with Crippen molar-refractivity contribution in [3.8, 4) is 0 Å². The van der Waals surface area contributed by atoms with Crippen LogP contribution in [0.1, 0.15) is 38.5 Å². The van der Waals surface area contributed by atoms with E-state index in [1.165, 1.54) is 6.42 Å². The van der Waals surface area contributed by atoms with Gasteiger partial charge in [-0.3, -0.25) is 9.59 Å². The fourth-order valence-electron chi connectivity index (χ4n) is 3.00. The fourth-order valence-corrected chi connectivity index (χ4v) is 3.00. The second-order valence-corrected chi connectivity index (χ2v) is 5.82. The highest BCUT2D eigenvalue weighted by Crippen LogP contribution is 2.43. The Labute approximate surface area is 108 Å². The van der Waals surface area contributed by atoms with Gasteiger partial charge in [0, 0.05) is 19.5 Å². The zero-order valence-corrected chi connectivity index (χ0v) is 10.9. The van der Waals surface area contributed by atoms with E-state index in [1.54, 1.807) is 4.90 Å². The number of piperidine rings is 1. The van der Waals surface area contributed by atoms with Crippen LogP contribution in [0.25, 0.3) is 0 Å². The molecule has 1 saturated carbocycles. The molecule has 1 atom stereocenters. The number of rotatable bonds is 4. The van der Waals surface area contributed by atoms with E-state index in [2.05, 4.69) is 0 Å². The van der Waals surface area contributed by atoms with Crippen molar-refractivity contribution in [3.63, 3.8) is 0 Å². The van der Waals surface area contributed by atoms with Crippen LogP contribution in [0.2, 0.25) is 0 Å². The van der Waals surface area contributed by atoms with Gasteiger partial charge in [-0.05, 0) is 37.6 Å². The zero-order valence-electron chi connectivity index (χ0n) is 10.9. The third-order valence-corrected chi connectivity index (χ3v) is 4.55. The number of hydrogen-bond acceptors (Lipinski definition) is 3. The summed E-state index contributed by atoms with van der Waals surface area (Å²) in [4.78, 5) is 25.2. The molecule has 1 unspecified atom stereocenters. The predicted octanol–water partition coefficient (Wildman–Crippen LogP) is 0.229. The number of primary amides is 1. The molecule has 1 aliphatic heterocycles. The second kappa shape index (κ2) is 5.26. The van der Waals surface area contributed by atoms with Crippen LogP contribution in [0.5, 0.6) is 0 Å². The molecule has 0 aromatic carbocycles. The summed E-state index contributed by atoms with van der Waals surface area (Å²) in [6.45, 7) is 1.84. The lowest BCUT2D eigenvalue weighted by Crippen LogP contribution is -2.48. The lowest BCUT2D eigenvalue weighted by atomic mass is 9.66. The molecule has 2 aliphatic rings. The molecule has 0 aromatic heterocycles. The highest BCUT2D eigenvalue weighted by molar-refractivity contribution is 5.80. The maximum atomic E-state index is 12.3. The van der Waals surface area contributed by atoms with Gasteiger partial charge in [0.2, 0.25) is 11.8 Å². The van der Waals surface area contributed by atoms with Crippen LogP contribution in [-0.4, -0.2) is 36.3 Å². The smallest absolute Gasteiger partial charge is 0.223 e. The molecule has 0 aromatic rings. The van der Waals surface area contributed by atoms with E-state index in [1.807, 2.05) is 0 Å². The summed E-state index contributed by atoms with van der Waals surface area (Å²) in [5.41, 5.74) is 11.1. The lowest BCUT2D eigenvalue weighted by Gasteiger charge is -2.42. The second-order valence-electron chi connectivity index (χ2n) is 5.82. The van der Waals surface area contributed by atoms with Crippen molar-refractivity contribution in [2.24, 2.45) is 22.8 Å². The summed E-state index contributed by atoms with van der Waals surface area (Å²) in [7, 11) is 0. The molecular formula is C13H23N3O2. The number of hydrogen-bond donors (Lipinski definition) is 2. The van der Waals surface area contributed by atoms with E-state index in [0.717, 1.165) is 32.2 Å². The van der Waals surface area contributed by atoms with Crippen molar-refractivity contribution in [3.05, 3.63) is 0 Å². The van der Waals surface area contributed by atoms with E-state index in [-0.39, 0.29) is 23.1 Å². The minimum atomic E-state index is -0.287. The SMILES string of the molecule is NCC1(CC(=O)N2CCCC(C(N)=O)C2)CCC1. The largest absolute Gasteiger partial charge is 0.369 e. The number of carbonyl (C=O) groups excluding carboxylic acids is 2. The van der Waals surface area contributed by atoms with E-state index in [4.69, 9.17) is 11.5 Å². The summed E-state index contributed by atoms with van der Waals surface area (Å²) < 4.78 is 0. The third kappa shape index (κ3) is 2.66. The van der Waals surface area contributed by atoms with E-state index in [0.29, 0.717) is 19.5 Å². The Hall–Kier alpha value is -1.10. The summed E-state index contributed by atoms with van der Waals surface area (Å²) >= 11 is 0. The Balaban J connectivity index is 1.90. The van der Waals surface area contributed by atoms with Crippen molar-refractivity contribution in [2.75, 3.05) is 19.6 Å². The summed E-state index contributed by atoms with van der Waals surface area (Å²) in [5.74, 6) is -0.311. The summed E-state index contributed by atoms with van der Waals surface area (Å²) in [5, 5.41) is 0. The van der Waals surface area contributed by atoms with Gasteiger partial charge in [-0.1, -0.05) is 6.42 Å². The molecule has 1 aliphatic carbocycles. The third-order valence-electron chi connectivity index (χ3n) is 4.55. The van der Waals surface area contributed by atoms with Crippen LogP contribution in [0.15, 0.2) is 0 Å². The molecule has 0 radical (unpaired) electrons. The zero-order chi connectivity index (χ0) is 13.2. The van der Waals surface area contributed by atoms with E-state index < -0.39 is 0 Å². The van der Waals surface area contributed by atoms with Crippen molar-refractivity contribution in [2.45, 2.75) is 38.5 Å². The Bertz CT molecular complexity index is 334. The monoisotopic (exact) mass is 253 g/mol. The maximum absolute atomic E-state index is 12.3. The molecule has 2 amide bonds. The van der Waals surface area contributed by atoms with Crippen LogP contribution in [0.3, 0.4) is 0 Å². The Morgan fingerprint density at radius 1 is 1.28 bits per heavy atom. The van der Waals surface area contributed by atoms with Crippen molar-refractivity contribution in [1.29, 1.82) is 0 Å². The van der Waals surface area contributed by atoms with Crippen molar-refractivity contribution in [1.82, 2.24) is 4.90 Å². The first-order valence-corrected chi connectivity index (χ1v) is 6.83. The van der Waals surface area contributed by atoms with Gasteiger partial charge < -0.3 is 16.4 Å². The Morgan fingerprint density at radius 2 is 2.00 bits per heavy atom.